The first kappa shape index (κ1) is 25.7. The van der Waals surface area contributed by atoms with Gasteiger partial charge in [-0.1, -0.05) is 31.9 Å². The Bertz CT molecular complexity index is 1270. The van der Waals surface area contributed by atoms with Gasteiger partial charge in [-0.15, -0.1) is 0 Å². The number of furan rings is 1. The maximum absolute atomic E-state index is 12.9. The first-order valence-corrected chi connectivity index (χ1v) is 13.7. The molecule has 1 aromatic carbocycles. The predicted octanol–water partition coefficient (Wildman–Crippen LogP) is 5.54. The molecule has 1 fully saturated rings. The number of halogens is 1. The van der Waals surface area contributed by atoms with E-state index in [0.717, 1.165) is 43.2 Å². The molecule has 2 heterocycles. The van der Waals surface area contributed by atoms with Gasteiger partial charge in [0.15, 0.2) is 0 Å². The van der Waals surface area contributed by atoms with Gasteiger partial charge >= 0.3 is 0 Å². The van der Waals surface area contributed by atoms with Crippen LogP contribution in [-0.2, 0) is 17.4 Å². The summed E-state index contributed by atoms with van der Waals surface area (Å²) in [6.07, 6.45) is 4.91. The molecule has 1 unspecified atom stereocenters. The van der Waals surface area contributed by atoms with Crippen LogP contribution >= 0.6 is 11.6 Å². The van der Waals surface area contributed by atoms with Gasteiger partial charge in [-0.2, -0.15) is 4.31 Å². The topological polar surface area (TPSA) is 92.5 Å². The Morgan fingerprint density at radius 1 is 1.29 bits per heavy atom. The summed E-state index contributed by atoms with van der Waals surface area (Å²) < 4.78 is 31.7. The fraction of sp³-hybridized carbons (Fsp3) is 0.462. The van der Waals surface area contributed by atoms with Crippen molar-refractivity contribution in [2.75, 3.05) is 13.6 Å². The van der Waals surface area contributed by atoms with Gasteiger partial charge < -0.3 is 9.73 Å². The number of hydrogen-bond acceptors (Lipinski definition) is 5. The maximum Gasteiger partial charge on any atom is 0.255 e. The van der Waals surface area contributed by atoms with Gasteiger partial charge in [0.05, 0.1) is 23.2 Å². The van der Waals surface area contributed by atoms with Gasteiger partial charge in [-0.05, 0) is 73.4 Å². The number of benzene rings is 1. The summed E-state index contributed by atoms with van der Waals surface area (Å²) in [4.78, 5) is 17.7. The number of nitrogens with zero attached hydrogens (tertiary/aromatic N) is 2. The van der Waals surface area contributed by atoms with Gasteiger partial charge in [0.2, 0.25) is 16.6 Å². The first-order valence-electron chi connectivity index (χ1n) is 12.2. The summed E-state index contributed by atoms with van der Waals surface area (Å²) in [5.74, 6) is 1.04. The monoisotopic (exact) mass is 517 g/mol. The lowest BCUT2D eigenvalue weighted by molar-refractivity contribution is 0.0964. The van der Waals surface area contributed by atoms with Crippen molar-refractivity contribution in [3.63, 3.8) is 0 Å². The lowest BCUT2D eigenvalue weighted by Crippen LogP contribution is -2.24. The van der Waals surface area contributed by atoms with Crippen LogP contribution in [0.2, 0.25) is 5.02 Å². The molecule has 1 aliphatic carbocycles. The van der Waals surface area contributed by atoms with Crippen LogP contribution < -0.4 is 5.32 Å². The van der Waals surface area contributed by atoms with E-state index in [0.29, 0.717) is 51.5 Å². The third kappa shape index (κ3) is 5.88. The van der Waals surface area contributed by atoms with Crippen LogP contribution in [0, 0.1) is 5.92 Å². The number of nitrogens with one attached hydrogen (secondary N) is 1. The molecule has 4 rings (SSSR count). The van der Waals surface area contributed by atoms with Crippen LogP contribution in [0.1, 0.15) is 73.5 Å². The van der Waals surface area contributed by atoms with E-state index in [4.69, 9.17) is 21.0 Å². The molecule has 0 saturated heterocycles. The molecule has 1 atom stereocenters. The number of thiol groups is 1. The Balaban J connectivity index is 1.75. The molecule has 0 radical (unpaired) electrons. The van der Waals surface area contributed by atoms with E-state index in [-0.39, 0.29) is 12.5 Å². The highest BCUT2D eigenvalue weighted by atomic mass is 35.5. The van der Waals surface area contributed by atoms with E-state index in [2.05, 4.69) is 19.2 Å². The Labute approximate surface area is 212 Å². The summed E-state index contributed by atoms with van der Waals surface area (Å²) in [6.45, 7) is 4.99. The second kappa shape index (κ2) is 11.1. The fourth-order valence-electron chi connectivity index (χ4n) is 4.32. The standard InChI is InChI=1S/C26H32ClN3O4S/c1-4-16(2)6-5-13-30(35(32)33)15-22-20(17-7-8-17)14-21-23(25(31)28-3)24(34-26(21)29-22)18-9-11-19(27)12-10-18/h9-12,14,16-17,35H,4-8,13,15H2,1-3H3,(H,28,31). The Morgan fingerprint density at radius 2 is 2.00 bits per heavy atom. The van der Waals surface area contributed by atoms with Crippen LogP contribution in [0.5, 0.6) is 0 Å². The molecule has 7 nitrogen and oxygen atoms in total. The minimum Gasteiger partial charge on any atom is -0.437 e. The highest BCUT2D eigenvalue weighted by molar-refractivity contribution is 7.69. The average molecular weight is 518 g/mol. The largest absolute Gasteiger partial charge is 0.437 e. The van der Waals surface area contributed by atoms with Crippen molar-refractivity contribution >= 4 is 39.5 Å². The van der Waals surface area contributed by atoms with E-state index in [1.54, 1.807) is 31.3 Å². The van der Waals surface area contributed by atoms with E-state index >= 15 is 0 Å². The SMILES string of the molecule is CCC(C)CCCN(Cc1nc2oc(-c3ccc(Cl)cc3)c(C(=O)NC)c2cc1C1CC1)[SH](=O)=O. The molecule has 9 heteroatoms. The van der Waals surface area contributed by atoms with Crippen molar-refractivity contribution in [1.29, 1.82) is 0 Å². The molecular formula is C26H32ClN3O4S. The van der Waals surface area contributed by atoms with Gasteiger partial charge in [-0.25, -0.2) is 13.4 Å². The molecule has 188 valence electrons. The Hall–Kier alpha value is -2.42. The second-order valence-electron chi connectivity index (χ2n) is 9.33. The quantitative estimate of drug-likeness (QED) is 0.326. The lowest BCUT2D eigenvalue weighted by Gasteiger charge is -2.18. The van der Waals surface area contributed by atoms with Crippen LogP contribution in [-0.4, -0.2) is 37.2 Å². The fourth-order valence-corrected chi connectivity index (χ4v) is 5.00. The Morgan fingerprint density at radius 3 is 2.60 bits per heavy atom. The van der Waals surface area contributed by atoms with E-state index in [9.17, 15) is 13.2 Å². The summed E-state index contributed by atoms with van der Waals surface area (Å²) in [5.41, 5.74) is 3.16. The predicted molar refractivity (Wildman–Crippen MR) is 139 cm³/mol. The summed E-state index contributed by atoms with van der Waals surface area (Å²) in [5, 5.41) is 3.92. The molecule has 0 spiro atoms. The minimum atomic E-state index is -2.74. The summed E-state index contributed by atoms with van der Waals surface area (Å²) in [6, 6.07) is 9.06. The molecule has 1 saturated carbocycles. The number of carbonyl (C=O) groups excluding carboxylic acids is 1. The molecule has 2 aromatic heterocycles. The molecule has 1 amide bonds. The van der Waals surface area contributed by atoms with Crippen LogP contribution in [0.3, 0.4) is 0 Å². The van der Waals surface area contributed by atoms with E-state index in [1.807, 2.05) is 6.07 Å². The van der Waals surface area contributed by atoms with Gasteiger partial charge in [0.1, 0.15) is 5.76 Å². The normalized spacial score (nSPS) is 14.7. The third-order valence-electron chi connectivity index (χ3n) is 6.75. The van der Waals surface area contributed by atoms with Gasteiger partial charge in [0, 0.05) is 24.2 Å². The number of amides is 1. The zero-order valence-electron chi connectivity index (χ0n) is 20.3. The zero-order chi connectivity index (χ0) is 25.1. The van der Waals surface area contributed by atoms with Gasteiger partial charge in [-0.3, -0.25) is 4.79 Å². The maximum atomic E-state index is 12.9. The highest BCUT2D eigenvalue weighted by Crippen LogP contribution is 2.44. The van der Waals surface area contributed by atoms with Gasteiger partial charge in [0.25, 0.3) is 5.91 Å². The molecular weight excluding hydrogens is 486 g/mol. The van der Waals surface area contributed by atoms with Crippen molar-refractivity contribution in [3.8, 4) is 11.3 Å². The van der Waals surface area contributed by atoms with Crippen LogP contribution in [0.15, 0.2) is 34.7 Å². The molecule has 0 aliphatic heterocycles. The molecule has 35 heavy (non-hydrogen) atoms. The van der Waals surface area contributed by atoms with Crippen molar-refractivity contribution in [1.82, 2.24) is 14.6 Å². The number of rotatable bonds is 11. The molecule has 1 aliphatic rings. The minimum absolute atomic E-state index is 0.202. The van der Waals surface area contributed by atoms with Crippen molar-refractivity contribution in [2.24, 2.45) is 5.92 Å². The van der Waals surface area contributed by atoms with Crippen molar-refractivity contribution in [3.05, 3.63) is 52.2 Å². The van der Waals surface area contributed by atoms with Crippen molar-refractivity contribution in [2.45, 2.75) is 58.4 Å². The highest BCUT2D eigenvalue weighted by Gasteiger charge is 2.31. The van der Waals surface area contributed by atoms with Crippen molar-refractivity contribution < 1.29 is 17.6 Å². The lowest BCUT2D eigenvalue weighted by atomic mass is 10.0. The average Bonchev–Trinajstić information content (AvgIpc) is 3.63. The molecule has 3 aromatic rings. The van der Waals surface area contributed by atoms with E-state index in [1.165, 1.54) is 4.31 Å². The smallest absolute Gasteiger partial charge is 0.255 e. The summed E-state index contributed by atoms with van der Waals surface area (Å²) in [7, 11) is -1.16. The molecule has 0 bridgehead atoms. The zero-order valence-corrected chi connectivity index (χ0v) is 22.0. The number of hydrogen-bond donors (Lipinski definition) is 2. The Kier molecular flexibility index (Phi) is 8.14. The van der Waals surface area contributed by atoms with Crippen LogP contribution in [0.25, 0.3) is 22.4 Å². The summed E-state index contributed by atoms with van der Waals surface area (Å²) >= 11 is 6.05. The van der Waals surface area contributed by atoms with Crippen LogP contribution in [0.4, 0.5) is 0 Å². The second-order valence-corrected chi connectivity index (χ2v) is 10.8. The molecule has 1 N–H and O–H groups in total. The first-order chi connectivity index (χ1) is 16.8. The number of pyridine rings is 1. The number of fused-ring (bicyclic) bond motifs is 1. The number of aromatic nitrogens is 1. The van der Waals surface area contributed by atoms with E-state index < -0.39 is 10.9 Å². The number of carbonyl (C=O) groups is 1. The third-order valence-corrected chi connectivity index (χ3v) is 7.80.